The SMILES string of the molecule is CC(NC(=O)c1cnns1)c1ccccc1Cl. The van der Waals surface area contributed by atoms with Crippen LogP contribution in [0.15, 0.2) is 30.5 Å². The average Bonchev–Trinajstić information content (AvgIpc) is 2.82. The van der Waals surface area contributed by atoms with E-state index in [1.165, 1.54) is 6.20 Å². The smallest absolute Gasteiger partial charge is 0.265 e. The van der Waals surface area contributed by atoms with Crippen LogP contribution >= 0.6 is 23.1 Å². The van der Waals surface area contributed by atoms with E-state index in [1.54, 1.807) is 6.07 Å². The standard InChI is InChI=1S/C11H10ClN3OS/c1-7(8-4-2-3-5-9(8)12)14-11(16)10-6-13-15-17-10/h2-7H,1H3,(H,14,16). The van der Waals surface area contributed by atoms with Crippen LogP contribution in [0.25, 0.3) is 0 Å². The van der Waals surface area contributed by atoms with Crippen molar-refractivity contribution in [2.45, 2.75) is 13.0 Å². The molecule has 1 aromatic carbocycles. The first-order chi connectivity index (χ1) is 8.18. The number of amides is 1. The highest BCUT2D eigenvalue weighted by Gasteiger charge is 2.14. The fraction of sp³-hybridized carbons (Fsp3) is 0.182. The highest BCUT2D eigenvalue weighted by atomic mass is 35.5. The number of hydrogen-bond donors (Lipinski definition) is 1. The Morgan fingerprint density at radius 2 is 2.24 bits per heavy atom. The normalized spacial score (nSPS) is 12.1. The van der Waals surface area contributed by atoms with Crippen molar-refractivity contribution >= 4 is 29.0 Å². The van der Waals surface area contributed by atoms with Crippen LogP contribution in [0.2, 0.25) is 5.02 Å². The molecule has 0 bridgehead atoms. The van der Waals surface area contributed by atoms with Gasteiger partial charge in [0.05, 0.1) is 12.2 Å². The summed E-state index contributed by atoms with van der Waals surface area (Å²) >= 11 is 7.12. The van der Waals surface area contributed by atoms with Gasteiger partial charge in [0.25, 0.3) is 5.91 Å². The Kier molecular flexibility index (Phi) is 3.71. The Bertz CT molecular complexity index is 515. The number of nitrogens with zero attached hydrogens (tertiary/aromatic N) is 2. The molecule has 0 fully saturated rings. The Labute approximate surface area is 108 Å². The second-order valence-corrected chi connectivity index (χ2v) is 4.69. The van der Waals surface area contributed by atoms with Gasteiger partial charge >= 0.3 is 0 Å². The van der Waals surface area contributed by atoms with E-state index in [0.29, 0.717) is 9.90 Å². The third-order valence-electron chi connectivity index (χ3n) is 2.30. The molecule has 2 rings (SSSR count). The van der Waals surface area contributed by atoms with Gasteiger partial charge < -0.3 is 5.32 Å². The third kappa shape index (κ3) is 2.81. The van der Waals surface area contributed by atoms with E-state index in [4.69, 9.17) is 11.6 Å². The zero-order chi connectivity index (χ0) is 12.3. The lowest BCUT2D eigenvalue weighted by Gasteiger charge is -2.14. The second-order valence-electron chi connectivity index (χ2n) is 3.50. The van der Waals surface area contributed by atoms with Gasteiger partial charge in [-0.3, -0.25) is 4.79 Å². The quantitative estimate of drug-likeness (QED) is 0.930. The van der Waals surface area contributed by atoms with Crippen LogP contribution in [-0.2, 0) is 0 Å². The van der Waals surface area contributed by atoms with Gasteiger partial charge in [0.2, 0.25) is 0 Å². The van der Waals surface area contributed by atoms with Gasteiger partial charge in [0.15, 0.2) is 0 Å². The van der Waals surface area contributed by atoms with Gasteiger partial charge in [0.1, 0.15) is 4.88 Å². The molecule has 1 amide bonds. The maximum Gasteiger partial charge on any atom is 0.265 e. The van der Waals surface area contributed by atoms with Crippen LogP contribution in [-0.4, -0.2) is 15.5 Å². The monoisotopic (exact) mass is 267 g/mol. The molecule has 1 atom stereocenters. The minimum atomic E-state index is -0.188. The summed E-state index contributed by atoms with van der Waals surface area (Å²) in [5.74, 6) is -0.188. The predicted molar refractivity (Wildman–Crippen MR) is 67.2 cm³/mol. The third-order valence-corrected chi connectivity index (χ3v) is 3.31. The van der Waals surface area contributed by atoms with Crippen LogP contribution < -0.4 is 5.32 Å². The minimum absolute atomic E-state index is 0.154. The molecule has 1 N–H and O–H groups in total. The van der Waals surface area contributed by atoms with Crippen molar-refractivity contribution in [1.82, 2.24) is 14.9 Å². The number of carbonyl (C=O) groups is 1. The molecule has 0 saturated heterocycles. The van der Waals surface area contributed by atoms with Gasteiger partial charge in [-0.05, 0) is 30.1 Å². The van der Waals surface area contributed by atoms with Crippen LogP contribution in [0.5, 0.6) is 0 Å². The molecule has 1 unspecified atom stereocenters. The van der Waals surface area contributed by atoms with Crippen LogP contribution in [0.3, 0.4) is 0 Å². The van der Waals surface area contributed by atoms with Gasteiger partial charge in [-0.15, -0.1) is 5.10 Å². The lowest BCUT2D eigenvalue weighted by Crippen LogP contribution is -2.26. The number of rotatable bonds is 3. The highest BCUT2D eigenvalue weighted by molar-refractivity contribution is 7.07. The zero-order valence-electron chi connectivity index (χ0n) is 9.05. The van der Waals surface area contributed by atoms with Gasteiger partial charge in [-0.2, -0.15) is 0 Å². The Hall–Kier alpha value is -1.46. The van der Waals surface area contributed by atoms with E-state index in [0.717, 1.165) is 17.1 Å². The van der Waals surface area contributed by atoms with Gasteiger partial charge in [0, 0.05) is 5.02 Å². The first-order valence-corrected chi connectivity index (χ1v) is 6.16. The molecule has 0 aliphatic carbocycles. The molecule has 0 spiro atoms. The predicted octanol–water partition coefficient (Wildman–Crippen LogP) is 2.68. The molecule has 4 nitrogen and oxygen atoms in total. The number of carbonyl (C=O) groups excluding carboxylic acids is 1. The Balaban J connectivity index is 2.10. The zero-order valence-corrected chi connectivity index (χ0v) is 10.6. The average molecular weight is 268 g/mol. The molecule has 1 heterocycles. The lowest BCUT2D eigenvalue weighted by molar-refractivity contribution is 0.0944. The van der Waals surface area contributed by atoms with Crippen molar-refractivity contribution in [2.75, 3.05) is 0 Å². The molecule has 2 aromatic rings. The lowest BCUT2D eigenvalue weighted by atomic mass is 10.1. The number of nitrogens with one attached hydrogen (secondary N) is 1. The number of aromatic nitrogens is 2. The van der Waals surface area contributed by atoms with Crippen LogP contribution in [0.4, 0.5) is 0 Å². The minimum Gasteiger partial charge on any atom is -0.345 e. The van der Waals surface area contributed by atoms with E-state index < -0.39 is 0 Å². The summed E-state index contributed by atoms with van der Waals surface area (Å²) in [7, 11) is 0. The van der Waals surface area contributed by atoms with Gasteiger partial charge in [-0.25, -0.2) is 0 Å². The number of benzene rings is 1. The summed E-state index contributed by atoms with van der Waals surface area (Å²) < 4.78 is 3.65. The molecule has 17 heavy (non-hydrogen) atoms. The van der Waals surface area contributed by atoms with Crippen molar-refractivity contribution in [1.29, 1.82) is 0 Å². The fourth-order valence-electron chi connectivity index (χ4n) is 1.44. The van der Waals surface area contributed by atoms with E-state index in [1.807, 2.05) is 25.1 Å². The second kappa shape index (κ2) is 5.25. The Morgan fingerprint density at radius 3 is 2.88 bits per heavy atom. The molecule has 0 aliphatic heterocycles. The summed E-state index contributed by atoms with van der Waals surface area (Å²) in [6.45, 7) is 1.88. The van der Waals surface area contributed by atoms with Crippen molar-refractivity contribution in [3.05, 3.63) is 45.9 Å². The summed E-state index contributed by atoms with van der Waals surface area (Å²) in [6.07, 6.45) is 1.44. The molecule has 1 aromatic heterocycles. The summed E-state index contributed by atoms with van der Waals surface area (Å²) in [5.41, 5.74) is 0.889. The van der Waals surface area contributed by atoms with E-state index in [9.17, 15) is 4.79 Å². The molecule has 0 saturated carbocycles. The first kappa shape index (κ1) is 12.0. The number of halogens is 1. The van der Waals surface area contributed by atoms with Crippen LogP contribution in [0, 0.1) is 0 Å². The van der Waals surface area contributed by atoms with Gasteiger partial charge in [-0.1, -0.05) is 34.3 Å². The molecule has 0 aliphatic rings. The largest absolute Gasteiger partial charge is 0.345 e. The van der Waals surface area contributed by atoms with E-state index in [2.05, 4.69) is 14.9 Å². The topological polar surface area (TPSA) is 54.9 Å². The van der Waals surface area contributed by atoms with Crippen molar-refractivity contribution in [2.24, 2.45) is 0 Å². The molecule has 0 radical (unpaired) electrons. The van der Waals surface area contributed by atoms with E-state index >= 15 is 0 Å². The molecule has 88 valence electrons. The first-order valence-electron chi connectivity index (χ1n) is 5.01. The molecule has 6 heteroatoms. The highest BCUT2D eigenvalue weighted by Crippen LogP contribution is 2.22. The maximum atomic E-state index is 11.8. The molecular formula is C11H10ClN3OS. The Morgan fingerprint density at radius 1 is 1.47 bits per heavy atom. The maximum absolute atomic E-state index is 11.8. The van der Waals surface area contributed by atoms with E-state index in [-0.39, 0.29) is 11.9 Å². The summed E-state index contributed by atoms with van der Waals surface area (Å²) in [4.78, 5) is 12.3. The van der Waals surface area contributed by atoms with Crippen molar-refractivity contribution in [3.8, 4) is 0 Å². The molecular weight excluding hydrogens is 258 g/mol. The van der Waals surface area contributed by atoms with Crippen molar-refractivity contribution in [3.63, 3.8) is 0 Å². The van der Waals surface area contributed by atoms with Crippen LogP contribution in [0.1, 0.15) is 28.2 Å². The summed E-state index contributed by atoms with van der Waals surface area (Å²) in [5, 5.41) is 7.11. The van der Waals surface area contributed by atoms with Crippen molar-refractivity contribution < 1.29 is 4.79 Å². The fourth-order valence-corrected chi connectivity index (χ4v) is 2.16. The number of hydrogen-bond acceptors (Lipinski definition) is 4. The summed E-state index contributed by atoms with van der Waals surface area (Å²) in [6, 6.07) is 7.27.